The van der Waals surface area contributed by atoms with Gasteiger partial charge in [0, 0.05) is 12.1 Å². The van der Waals surface area contributed by atoms with Crippen molar-refractivity contribution in [3.63, 3.8) is 0 Å². The van der Waals surface area contributed by atoms with Crippen molar-refractivity contribution < 1.29 is 9.32 Å². The van der Waals surface area contributed by atoms with Gasteiger partial charge in [0.2, 0.25) is 17.6 Å². The average molecular weight is 351 g/mol. The molecule has 2 bridgehead atoms. The predicted octanol–water partition coefficient (Wildman–Crippen LogP) is 3.78. The Morgan fingerprint density at radius 3 is 2.69 bits per heavy atom. The molecule has 0 saturated heterocycles. The van der Waals surface area contributed by atoms with Crippen LogP contribution in [0.15, 0.2) is 34.9 Å². The van der Waals surface area contributed by atoms with Gasteiger partial charge in [0.05, 0.1) is 11.8 Å². The summed E-state index contributed by atoms with van der Waals surface area (Å²) in [4.78, 5) is 17.6. The maximum absolute atomic E-state index is 12.9. The molecule has 3 aliphatic carbocycles. The van der Waals surface area contributed by atoms with E-state index in [1.807, 2.05) is 30.3 Å². The van der Waals surface area contributed by atoms with Gasteiger partial charge in [0.1, 0.15) is 0 Å². The quantitative estimate of drug-likeness (QED) is 0.890. The molecule has 5 nitrogen and oxygen atoms in total. The molecule has 0 unspecified atom stereocenters. The van der Waals surface area contributed by atoms with E-state index in [4.69, 9.17) is 4.52 Å². The zero-order chi connectivity index (χ0) is 17.5. The molecule has 3 aliphatic rings. The molecule has 3 fully saturated rings. The van der Waals surface area contributed by atoms with Crippen LogP contribution in [0.25, 0.3) is 11.4 Å². The summed E-state index contributed by atoms with van der Waals surface area (Å²) in [5, 5.41) is 7.41. The second-order valence-electron chi connectivity index (χ2n) is 8.25. The van der Waals surface area contributed by atoms with Gasteiger partial charge in [-0.2, -0.15) is 4.98 Å². The highest BCUT2D eigenvalue weighted by atomic mass is 16.5. The van der Waals surface area contributed by atoms with Gasteiger partial charge in [0.25, 0.3) is 0 Å². The number of rotatable bonds is 5. The molecular formula is C21H25N3O2. The van der Waals surface area contributed by atoms with Gasteiger partial charge in [0.15, 0.2) is 0 Å². The first kappa shape index (κ1) is 16.0. The van der Waals surface area contributed by atoms with Crippen LogP contribution < -0.4 is 5.32 Å². The van der Waals surface area contributed by atoms with Gasteiger partial charge in [-0.3, -0.25) is 4.79 Å². The molecule has 1 aromatic carbocycles. The number of benzene rings is 1. The van der Waals surface area contributed by atoms with Crippen LogP contribution in [-0.4, -0.2) is 22.6 Å². The van der Waals surface area contributed by atoms with E-state index in [1.54, 1.807) is 0 Å². The van der Waals surface area contributed by atoms with E-state index >= 15 is 0 Å². The second-order valence-corrected chi connectivity index (χ2v) is 8.25. The maximum atomic E-state index is 12.9. The standard InChI is InChI=1S/C21H25N3O2/c25-20(22-12-13-5-4-6-13)17-15-9-10-16(11-15)18(17)21-23-19(24-26-21)14-7-2-1-3-8-14/h1-3,7-8,13,15-18H,4-6,9-12H2,(H,22,25)/t15-,16+,17-,18-/m0/s1. The Balaban J connectivity index is 1.36. The Bertz CT molecular complexity index is 784. The fourth-order valence-electron chi connectivity index (χ4n) is 5.16. The molecule has 3 saturated carbocycles. The summed E-state index contributed by atoms with van der Waals surface area (Å²) in [6.45, 7) is 0.832. The van der Waals surface area contributed by atoms with Crippen molar-refractivity contribution in [3.8, 4) is 11.4 Å². The molecule has 1 amide bonds. The maximum Gasteiger partial charge on any atom is 0.231 e. The van der Waals surface area contributed by atoms with Crippen LogP contribution in [0.2, 0.25) is 0 Å². The van der Waals surface area contributed by atoms with E-state index in [2.05, 4.69) is 15.5 Å². The molecule has 0 aliphatic heterocycles. The minimum atomic E-state index is -0.00194. The molecule has 1 heterocycles. The van der Waals surface area contributed by atoms with Gasteiger partial charge in [-0.05, 0) is 49.9 Å². The van der Waals surface area contributed by atoms with Gasteiger partial charge in [-0.25, -0.2) is 0 Å². The third kappa shape index (κ3) is 2.74. The Morgan fingerprint density at radius 2 is 1.92 bits per heavy atom. The van der Waals surface area contributed by atoms with Gasteiger partial charge < -0.3 is 9.84 Å². The van der Waals surface area contributed by atoms with Crippen molar-refractivity contribution in [2.75, 3.05) is 6.54 Å². The number of amides is 1. The average Bonchev–Trinajstić information content (AvgIpc) is 3.36. The zero-order valence-electron chi connectivity index (χ0n) is 14.9. The van der Waals surface area contributed by atoms with Gasteiger partial charge in [-0.1, -0.05) is 41.9 Å². The lowest BCUT2D eigenvalue weighted by atomic mass is 9.78. The molecule has 1 N–H and O–H groups in total. The topological polar surface area (TPSA) is 68.0 Å². The Labute approximate surface area is 153 Å². The van der Waals surface area contributed by atoms with Crippen molar-refractivity contribution in [2.24, 2.45) is 23.7 Å². The van der Waals surface area contributed by atoms with E-state index in [0.717, 1.165) is 24.9 Å². The smallest absolute Gasteiger partial charge is 0.231 e. The molecule has 5 heteroatoms. The van der Waals surface area contributed by atoms with E-state index in [-0.39, 0.29) is 17.7 Å². The molecule has 2 aromatic rings. The SMILES string of the molecule is O=C(NCC1CCC1)[C@H]1[C@H]2CC[C@H](C2)[C@@H]1c1nc(-c2ccccc2)no1. The lowest BCUT2D eigenvalue weighted by Crippen LogP contribution is -2.40. The van der Waals surface area contributed by atoms with Crippen LogP contribution in [-0.2, 0) is 4.79 Å². The number of carbonyl (C=O) groups is 1. The number of hydrogen-bond donors (Lipinski definition) is 1. The summed E-state index contributed by atoms with van der Waals surface area (Å²) in [6, 6.07) is 9.89. The summed E-state index contributed by atoms with van der Waals surface area (Å²) in [7, 11) is 0. The van der Waals surface area contributed by atoms with Crippen LogP contribution in [0, 0.1) is 23.7 Å². The van der Waals surface area contributed by atoms with Crippen LogP contribution >= 0.6 is 0 Å². The lowest BCUT2D eigenvalue weighted by molar-refractivity contribution is -0.127. The number of fused-ring (bicyclic) bond motifs is 2. The monoisotopic (exact) mass is 351 g/mol. The minimum Gasteiger partial charge on any atom is -0.356 e. The van der Waals surface area contributed by atoms with E-state index in [9.17, 15) is 4.79 Å². The predicted molar refractivity (Wildman–Crippen MR) is 97.1 cm³/mol. The van der Waals surface area contributed by atoms with Crippen molar-refractivity contribution in [3.05, 3.63) is 36.2 Å². The van der Waals surface area contributed by atoms with Gasteiger partial charge >= 0.3 is 0 Å². The molecule has 26 heavy (non-hydrogen) atoms. The number of nitrogens with zero attached hydrogens (tertiary/aromatic N) is 2. The molecule has 1 aromatic heterocycles. The molecule has 5 rings (SSSR count). The van der Waals surface area contributed by atoms with E-state index < -0.39 is 0 Å². The van der Waals surface area contributed by atoms with E-state index in [1.165, 1.54) is 25.7 Å². The summed E-state index contributed by atoms with van der Waals surface area (Å²) < 4.78 is 5.65. The third-order valence-electron chi connectivity index (χ3n) is 6.77. The van der Waals surface area contributed by atoms with Crippen LogP contribution in [0.1, 0.15) is 50.3 Å². The molecule has 0 spiro atoms. The Hall–Kier alpha value is -2.17. The molecule has 0 radical (unpaired) electrons. The summed E-state index contributed by atoms with van der Waals surface area (Å²) in [5.41, 5.74) is 0.955. The van der Waals surface area contributed by atoms with Crippen LogP contribution in [0.4, 0.5) is 0 Å². The van der Waals surface area contributed by atoms with Crippen molar-refractivity contribution >= 4 is 5.91 Å². The summed E-state index contributed by atoms with van der Waals surface area (Å²) in [6.07, 6.45) is 7.26. The molecular weight excluding hydrogens is 326 g/mol. The minimum absolute atomic E-state index is 0.00194. The summed E-state index contributed by atoms with van der Waals surface area (Å²) in [5.74, 6) is 3.22. The number of aromatic nitrogens is 2. The van der Waals surface area contributed by atoms with Crippen molar-refractivity contribution in [2.45, 2.75) is 44.4 Å². The number of hydrogen-bond acceptors (Lipinski definition) is 4. The number of carbonyl (C=O) groups excluding carboxylic acids is 1. The molecule has 136 valence electrons. The molecule has 4 atom stereocenters. The number of nitrogens with one attached hydrogen (secondary N) is 1. The highest BCUT2D eigenvalue weighted by Gasteiger charge is 2.53. The van der Waals surface area contributed by atoms with E-state index in [0.29, 0.717) is 29.5 Å². The largest absolute Gasteiger partial charge is 0.356 e. The van der Waals surface area contributed by atoms with Crippen molar-refractivity contribution in [1.29, 1.82) is 0 Å². The van der Waals surface area contributed by atoms with Crippen LogP contribution in [0.5, 0.6) is 0 Å². The highest BCUT2D eigenvalue weighted by Crippen LogP contribution is 2.56. The fraction of sp³-hybridized carbons (Fsp3) is 0.571. The lowest BCUT2D eigenvalue weighted by Gasteiger charge is -2.30. The first-order chi connectivity index (χ1) is 12.8. The van der Waals surface area contributed by atoms with Crippen LogP contribution in [0.3, 0.4) is 0 Å². The first-order valence-electron chi connectivity index (χ1n) is 9.96. The fourth-order valence-corrected chi connectivity index (χ4v) is 5.16. The van der Waals surface area contributed by atoms with Crippen molar-refractivity contribution in [1.82, 2.24) is 15.5 Å². The Morgan fingerprint density at radius 1 is 1.12 bits per heavy atom. The zero-order valence-corrected chi connectivity index (χ0v) is 14.9. The first-order valence-corrected chi connectivity index (χ1v) is 9.96. The third-order valence-corrected chi connectivity index (χ3v) is 6.77. The van der Waals surface area contributed by atoms with Gasteiger partial charge in [-0.15, -0.1) is 0 Å². The normalized spacial score (nSPS) is 30.3. The Kier molecular flexibility index (Phi) is 4.03. The summed E-state index contributed by atoms with van der Waals surface area (Å²) >= 11 is 0. The second kappa shape index (κ2) is 6.53. The highest BCUT2D eigenvalue weighted by molar-refractivity contribution is 5.80.